The Morgan fingerprint density at radius 3 is 2.83 bits per heavy atom. The van der Waals surface area contributed by atoms with E-state index in [0.717, 1.165) is 27.8 Å². The molecule has 1 aromatic carbocycles. The zero-order valence-electron chi connectivity index (χ0n) is 10.9. The lowest BCUT2D eigenvalue weighted by molar-refractivity contribution is -0.142. The molecule has 1 aromatic heterocycles. The molecule has 96 valence electrons. The SMILES string of the molecule is CCOC(=O)Cc1c[nH]c2c(C)cc(OC)cc12. The van der Waals surface area contributed by atoms with E-state index in [1.165, 1.54) is 0 Å². The fourth-order valence-corrected chi connectivity index (χ4v) is 2.07. The highest BCUT2D eigenvalue weighted by Crippen LogP contribution is 2.27. The molecule has 2 aromatic rings. The average molecular weight is 247 g/mol. The molecular weight excluding hydrogens is 230 g/mol. The van der Waals surface area contributed by atoms with Crippen molar-refractivity contribution in [3.8, 4) is 5.75 Å². The van der Waals surface area contributed by atoms with Crippen molar-refractivity contribution in [1.82, 2.24) is 4.98 Å². The Morgan fingerprint density at radius 2 is 2.17 bits per heavy atom. The Bertz CT molecular complexity index is 572. The van der Waals surface area contributed by atoms with Gasteiger partial charge in [-0.05, 0) is 37.1 Å². The van der Waals surface area contributed by atoms with Crippen molar-refractivity contribution < 1.29 is 14.3 Å². The van der Waals surface area contributed by atoms with E-state index in [-0.39, 0.29) is 12.4 Å². The van der Waals surface area contributed by atoms with Gasteiger partial charge in [0.2, 0.25) is 0 Å². The number of H-pyrrole nitrogens is 1. The van der Waals surface area contributed by atoms with E-state index in [0.29, 0.717) is 6.61 Å². The monoisotopic (exact) mass is 247 g/mol. The Balaban J connectivity index is 2.40. The molecule has 0 saturated carbocycles. The van der Waals surface area contributed by atoms with Crippen molar-refractivity contribution >= 4 is 16.9 Å². The fraction of sp³-hybridized carbons (Fsp3) is 0.357. The van der Waals surface area contributed by atoms with Gasteiger partial charge in [0.05, 0.1) is 20.1 Å². The van der Waals surface area contributed by atoms with Gasteiger partial charge in [0.15, 0.2) is 0 Å². The number of nitrogens with one attached hydrogen (secondary N) is 1. The predicted molar refractivity (Wildman–Crippen MR) is 69.9 cm³/mol. The summed E-state index contributed by atoms with van der Waals surface area (Å²) in [4.78, 5) is 14.7. The number of carbonyl (C=O) groups excluding carboxylic acids is 1. The number of carbonyl (C=O) groups is 1. The van der Waals surface area contributed by atoms with Gasteiger partial charge in [-0.1, -0.05) is 0 Å². The minimum atomic E-state index is -0.209. The van der Waals surface area contributed by atoms with Crippen molar-refractivity contribution in [3.05, 3.63) is 29.5 Å². The zero-order chi connectivity index (χ0) is 13.1. The molecule has 0 fully saturated rings. The first-order chi connectivity index (χ1) is 8.65. The van der Waals surface area contributed by atoms with Gasteiger partial charge < -0.3 is 14.5 Å². The summed E-state index contributed by atoms with van der Waals surface area (Å²) < 4.78 is 10.2. The van der Waals surface area contributed by atoms with Crippen LogP contribution in [0.1, 0.15) is 18.1 Å². The molecule has 0 aliphatic carbocycles. The van der Waals surface area contributed by atoms with E-state index in [2.05, 4.69) is 4.98 Å². The van der Waals surface area contributed by atoms with Crippen LogP contribution >= 0.6 is 0 Å². The number of rotatable bonds is 4. The zero-order valence-corrected chi connectivity index (χ0v) is 10.9. The molecule has 1 heterocycles. The number of fused-ring (bicyclic) bond motifs is 1. The van der Waals surface area contributed by atoms with Crippen molar-refractivity contribution in [3.63, 3.8) is 0 Å². The summed E-state index contributed by atoms with van der Waals surface area (Å²) >= 11 is 0. The van der Waals surface area contributed by atoms with Crippen molar-refractivity contribution in [2.24, 2.45) is 0 Å². The molecule has 0 radical (unpaired) electrons. The Hall–Kier alpha value is -1.97. The van der Waals surface area contributed by atoms with Crippen LogP contribution in [0, 0.1) is 6.92 Å². The third-order valence-electron chi connectivity index (χ3n) is 2.92. The normalized spacial score (nSPS) is 10.6. The Labute approximate surface area is 106 Å². The molecular formula is C14H17NO3. The smallest absolute Gasteiger partial charge is 0.310 e. The van der Waals surface area contributed by atoms with Crippen LogP contribution < -0.4 is 4.74 Å². The van der Waals surface area contributed by atoms with Crippen LogP contribution in [0.2, 0.25) is 0 Å². The van der Waals surface area contributed by atoms with E-state index in [1.807, 2.05) is 25.3 Å². The number of methoxy groups -OCH3 is 1. The highest BCUT2D eigenvalue weighted by atomic mass is 16.5. The first kappa shape index (κ1) is 12.5. The fourth-order valence-electron chi connectivity index (χ4n) is 2.07. The molecule has 0 unspecified atom stereocenters. The maximum absolute atomic E-state index is 11.5. The molecule has 4 nitrogen and oxygen atoms in total. The van der Waals surface area contributed by atoms with Crippen LogP contribution in [-0.2, 0) is 16.0 Å². The van der Waals surface area contributed by atoms with Crippen molar-refractivity contribution in [2.45, 2.75) is 20.3 Å². The summed E-state index contributed by atoms with van der Waals surface area (Å²) in [5, 5.41) is 1.01. The summed E-state index contributed by atoms with van der Waals surface area (Å²) in [5.74, 6) is 0.587. The van der Waals surface area contributed by atoms with Crippen LogP contribution in [0.4, 0.5) is 0 Å². The largest absolute Gasteiger partial charge is 0.497 e. The van der Waals surface area contributed by atoms with Gasteiger partial charge in [-0.3, -0.25) is 4.79 Å². The number of ether oxygens (including phenoxy) is 2. The van der Waals surface area contributed by atoms with E-state index in [9.17, 15) is 4.79 Å². The molecule has 2 rings (SSSR count). The third-order valence-corrected chi connectivity index (χ3v) is 2.92. The number of hydrogen-bond acceptors (Lipinski definition) is 3. The molecule has 0 saturated heterocycles. The predicted octanol–water partition coefficient (Wildman–Crippen LogP) is 2.59. The van der Waals surface area contributed by atoms with Crippen LogP contribution in [0.25, 0.3) is 10.9 Å². The highest BCUT2D eigenvalue weighted by Gasteiger charge is 2.12. The second-order valence-corrected chi connectivity index (χ2v) is 4.16. The first-order valence-corrected chi connectivity index (χ1v) is 5.96. The molecule has 0 bridgehead atoms. The average Bonchev–Trinajstić information content (AvgIpc) is 2.73. The summed E-state index contributed by atoms with van der Waals surface area (Å²) in [6.07, 6.45) is 2.13. The third kappa shape index (κ3) is 2.32. The Kier molecular flexibility index (Phi) is 3.55. The van der Waals surface area contributed by atoms with Crippen molar-refractivity contribution in [2.75, 3.05) is 13.7 Å². The molecule has 4 heteroatoms. The van der Waals surface area contributed by atoms with Gasteiger partial charge in [0.25, 0.3) is 0 Å². The summed E-state index contributed by atoms with van der Waals surface area (Å²) in [6.45, 7) is 4.22. The van der Waals surface area contributed by atoms with Gasteiger partial charge in [-0.25, -0.2) is 0 Å². The number of hydrogen-bond donors (Lipinski definition) is 1. The number of aromatic nitrogens is 1. The highest BCUT2D eigenvalue weighted by molar-refractivity contribution is 5.90. The summed E-state index contributed by atoms with van der Waals surface area (Å²) in [6, 6.07) is 3.90. The van der Waals surface area contributed by atoms with Crippen LogP contribution in [0.15, 0.2) is 18.3 Å². The standard InChI is InChI=1S/C14H17NO3/c1-4-18-13(16)6-10-8-15-14-9(2)5-11(17-3)7-12(10)14/h5,7-8,15H,4,6H2,1-3H3. The molecule has 1 N–H and O–H groups in total. The number of aromatic amines is 1. The van der Waals surface area contributed by atoms with Crippen LogP contribution in [-0.4, -0.2) is 24.7 Å². The maximum atomic E-state index is 11.5. The first-order valence-electron chi connectivity index (χ1n) is 5.96. The number of esters is 1. The van der Waals surface area contributed by atoms with Gasteiger partial charge >= 0.3 is 5.97 Å². The van der Waals surface area contributed by atoms with Gasteiger partial charge in [0.1, 0.15) is 5.75 Å². The second kappa shape index (κ2) is 5.12. The molecule has 18 heavy (non-hydrogen) atoms. The molecule has 0 aliphatic rings. The van der Waals surface area contributed by atoms with Gasteiger partial charge in [-0.15, -0.1) is 0 Å². The van der Waals surface area contributed by atoms with Crippen LogP contribution in [0.3, 0.4) is 0 Å². The maximum Gasteiger partial charge on any atom is 0.310 e. The van der Waals surface area contributed by atoms with E-state index < -0.39 is 0 Å². The minimum Gasteiger partial charge on any atom is -0.497 e. The topological polar surface area (TPSA) is 51.3 Å². The molecule has 0 spiro atoms. The van der Waals surface area contributed by atoms with Crippen molar-refractivity contribution in [1.29, 1.82) is 0 Å². The number of benzene rings is 1. The van der Waals surface area contributed by atoms with E-state index in [1.54, 1.807) is 14.0 Å². The van der Waals surface area contributed by atoms with E-state index >= 15 is 0 Å². The van der Waals surface area contributed by atoms with Crippen LogP contribution in [0.5, 0.6) is 5.75 Å². The molecule has 0 atom stereocenters. The molecule has 0 amide bonds. The summed E-state index contributed by atoms with van der Waals surface area (Å²) in [5.41, 5.74) is 3.07. The summed E-state index contributed by atoms with van der Waals surface area (Å²) in [7, 11) is 1.64. The van der Waals surface area contributed by atoms with Gasteiger partial charge in [-0.2, -0.15) is 0 Å². The second-order valence-electron chi connectivity index (χ2n) is 4.16. The van der Waals surface area contributed by atoms with Gasteiger partial charge in [0, 0.05) is 17.1 Å². The number of aryl methyl sites for hydroxylation is 1. The lowest BCUT2D eigenvalue weighted by atomic mass is 10.1. The lowest BCUT2D eigenvalue weighted by Gasteiger charge is -2.04. The lowest BCUT2D eigenvalue weighted by Crippen LogP contribution is -2.06. The minimum absolute atomic E-state index is 0.209. The Morgan fingerprint density at radius 1 is 1.39 bits per heavy atom. The quantitative estimate of drug-likeness (QED) is 0.845. The van der Waals surface area contributed by atoms with E-state index in [4.69, 9.17) is 9.47 Å². The molecule has 0 aliphatic heterocycles.